The maximum Gasteiger partial charge on any atom is 0.0180 e. The topological polar surface area (TPSA) is 26.0 Å². The third-order valence-corrected chi connectivity index (χ3v) is 2.12. The highest BCUT2D eigenvalue weighted by molar-refractivity contribution is 9.10. The predicted octanol–water partition coefficient (Wildman–Crippen LogP) is 2.65. The van der Waals surface area contributed by atoms with Gasteiger partial charge in [-0.2, -0.15) is 0 Å². The Hall–Kier alpha value is -0.340. The van der Waals surface area contributed by atoms with Gasteiger partial charge < -0.3 is 5.73 Å². The molecule has 0 radical (unpaired) electrons. The van der Waals surface area contributed by atoms with Crippen LogP contribution in [0.25, 0.3) is 0 Å². The standard InChI is InChI=1S/C10H14BrN/c1-7-3-9(5-8(2)12)6-10(11)4-7/h3-4,6,8H,5,12H2,1-2H3. The van der Waals surface area contributed by atoms with E-state index in [4.69, 9.17) is 5.73 Å². The minimum Gasteiger partial charge on any atom is -0.328 e. The van der Waals surface area contributed by atoms with E-state index < -0.39 is 0 Å². The molecule has 0 aliphatic heterocycles. The van der Waals surface area contributed by atoms with Crippen molar-refractivity contribution in [2.45, 2.75) is 26.3 Å². The molecule has 0 amide bonds. The molecule has 1 aromatic carbocycles. The Labute approximate surface area is 82.1 Å². The Morgan fingerprint density at radius 1 is 1.42 bits per heavy atom. The van der Waals surface area contributed by atoms with E-state index in [-0.39, 0.29) is 6.04 Å². The van der Waals surface area contributed by atoms with Crippen LogP contribution in [0.15, 0.2) is 22.7 Å². The highest BCUT2D eigenvalue weighted by Crippen LogP contribution is 2.16. The monoisotopic (exact) mass is 227 g/mol. The van der Waals surface area contributed by atoms with E-state index in [1.54, 1.807) is 0 Å². The van der Waals surface area contributed by atoms with E-state index in [0.29, 0.717) is 0 Å². The van der Waals surface area contributed by atoms with Gasteiger partial charge in [0.15, 0.2) is 0 Å². The fraction of sp³-hybridized carbons (Fsp3) is 0.400. The van der Waals surface area contributed by atoms with E-state index in [0.717, 1.165) is 10.9 Å². The first-order valence-corrected chi connectivity index (χ1v) is 4.89. The molecule has 12 heavy (non-hydrogen) atoms. The van der Waals surface area contributed by atoms with Gasteiger partial charge in [-0.25, -0.2) is 0 Å². The Bertz CT molecular complexity index is 248. The van der Waals surface area contributed by atoms with Gasteiger partial charge in [0, 0.05) is 10.5 Å². The zero-order chi connectivity index (χ0) is 9.14. The van der Waals surface area contributed by atoms with Crippen LogP contribution in [0.4, 0.5) is 0 Å². The van der Waals surface area contributed by atoms with Crippen LogP contribution in [0.5, 0.6) is 0 Å². The van der Waals surface area contributed by atoms with E-state index in [1.165, 1.54) is 11.1 Å². The van der Waals surface area contributed by atoms with Crippen molar-refractivity contribution in [3.05, 3.63) is 33.8 Å². The Kier molecular flexibility index (Phi) is 3.29. The third kappa shape index (κ3) is 2.95. The van der Waals surface area contributed by atoms with Gasteiger partial charge in [-0.3, -0.25) is 0 Å². The summed E-state index contributed by atoms with van der Waals surface area (Å²) in [6.07, 6.45) is 0.945. The van der Waals surface area contributed by atoms with Gasteiger partial charge in [0.2, 0.25) is 0 Å². The van der Waals surface area contributed by atoms with Gasteiger partial charge in [-0.05, 0) is 43.5 Å². The number of aryl methyl sites for hydroxylation is 1. The molecule has 1 nitrogen and oxygen atoms in total. The molecule has 0 aliphatic carbocycles. The smallest absolute Gasteiger partial charge is 0.0180 e. The lowest BCUT2D eigenvalue weighted by atomic mass is 10.1. The quantitative estimate of drug-likeness (QED) is 0.827. The highest BCUT2D eigenvalue weighted by atomic mass is 79.9. The van der Waals surface area contributed by atoms with Gasteiger partial charge in [0.1, 0.15) is 0 Å². The van der Waals surface area contributed by atoms with Gasteiger partial charge in [0.25, 0.3) is 0 Å². The number of rotatable bonds is 2. The zero-order valence-electron chi connectivity index (χ0n) is 7.47. The molecule has 0 aliphatic rings. The Morgan fingerprint density at radius 3 is 2.58 bits per heavy atom. The van der Waals surface area contributed by atoms with Crippen molar-refractivity contribution in [1.29, 1.82) is 0 Å². The summed E-state index contributed by atoms with van der Waals surface area (Å²) in [4.78, 5) is 0. The Balaban J connectivity index is 2.85. The van der Waals surface area contributed by atoms with Crippen LogP contribution in [0.3, 0.4) is 0 Å². The van der Waals surface area contributed by atoms with Gasteiger partial charge in [-0.15, -0.1) is 0 Å². The van der Waals surface area contributed by atoms with Crippen molar-refractivity contribution < 1.29 is 0 Å². The molecule has 0 spiro atoms. The predicted molar refractivity (Wildman–Crippen MR) is 56.2 cm³/mol. The molecule has 1 unspecified atom stereocenters. The number of nitrogens with two attached hydrogens (primary N) is 1. The van der Waals surface area contributed by atoms with Gasteiger partial charge in [0.05, 0.1) is 0 Å². The summed E-state index contributed by atoms with van der Waals surface area (Å²) in [6.45, 7) is 4.12. The van der Waals surface area contributed by atoms with Crippen LogP contribution < -0.4 is 5.73 Å². The fourth-order valence-corrected chi connectivity index (χ4v) is 1.96. The molecule has 2 N–H and O–H groups in total. The van der Waals surface area contributed by atoms with Crippen molar-refractivity contribution in [1.82, 2.24) is 0 Å². The maximum absolute atomic E-state index is 5.71. The van der Waals surface area contributed by atoms with Crippen LogP contribution in [0, 0.1) is 6.92 Å². The first kappa shape index (κ1) is 9.75. The molecular formula is C10H14BrN. The molecule has 0 heterocycles. The first-order chi connectivity index (χ1) is 5.58. The summed E-state index contributed by atoms with van der Waals surface area (Å²) < 4.78 is 1.14. The van der Waals surface area contributed by atoms with Crippen molar-refractivity contribution in [3.63, 3.8) is 0 Å². The summed E-state index contributed by atoms with van der Waals surface area (Å²) in [5.74, 6) is 0. The first-order valence-electron chi connectivity index (χ1n) is 4.09. The van der Waals surface area contributed by atoms with Gasteiger partial charge in [-0.1, -0.05) is 22.0 Å². The average molecular weight is 228 g/mol. The second-order valence-corrected chi connectivity index (χ2v) is 4.23. The highest BCUT2D eigenvalue weighted by Gasteiger charge is 1.99. The molecule has 0 saturated carbocycles. The van der Waals surface area contributed by atoms with E-state index in [9.17, 15) is 0 Å². The summed E-state index contributed by atoms with van der Waals surface area (Å²) in [7, 11) is 0. The molecular weight excluding hydrogens is 214 g/mol. The lowest BCUT2D eigenvalue weighted by Crippen LogP contribution is -2.17. The van der Waals surface area contributed by atoms with Crippen LogP contribution >= 0.6 is 15.9 Å². The van der Waals surface area contributed by atoms with Crippen molar-refractivity contribution in [2.24, 2.45) is 5.73 Å². The molecule has 0 aromatic heterocycles. The van der Waals surface area contributed by atoms with Crippen LogP contribution in [0.1, 0.15) is 18.1 Å². The normalized spacial score (nSPS) is 13.0. The summed E-state index contributed by atoms with van der Waals surface area (Å²) in [5.41, 5.74) is 8.29. The largest absolute Gasteiger partial charge is 0.328 e. The lowest BCUT2D eigenvalue weighted by molar-refractivity contribution is 0.737. The van der Waals surface area contributed by atoms with Crippen molar-refractivity contribution >= 4 is 15.9 Å². The fourth-order valence-electron chi connectivity index (χ4n) is 1.30. The van der Waals surface area contributed by atoms with Crippen LogP contribution in [-0.4, -0.2) is 6.04 Å². The molecule has 0 bridgehead atoms. The number of hydrogen-bond donors (Lipinski definition) is 1. The zero-order valence-corrected chi connectivity index (χ0v) is 9.06. The van der Waals surface area contributed by atoms with E-state index in [2.05, 4.69) is 41.1 Å². The van der Waals surface area contributed by atoms with Gasteiger partial charge >= 0.3 is 0 Å². The van der Waals surface area contributed by atoms with Crippen LogP contribution in [0.2, 0.25) is 0 Å². The minimum atomic E-state index is 0.235. The number of hydrogen-bond acceptors (Lipinski definition) is 1. The van der Waals surface area contributed by atoms with E-state index >= 15 is 0 Å². The molecule has 1 atom stereocenters. The number of halogens is 1. The summed E-state index contributed by atoms with van der Waals surface area (Å²) >= 11 is 3.46. The van der Waals surface area contributed by atoms with Crippen LogP contribution in [-0.2, 0) is 6.42 Å². The minimum absolute atomic E-state index is 0.235. The SMILES string of the molecule is Cc1cc(Br)cc(CC(C)N)c1. The van der Waals surface area contributed by atoms with Crippen molar-refractivity contribution in [2.75, 3.05) is 0 Å². The summed E-state index contributed by atoms with van der Waals surface area (Å²) in [5, 5.41) is 0. The maximum atomic E-state index is 5.71. The molecule has 66 valence electrons. The molecule has 1 aromatic rings. The Morgan fingerprint density at radius 2 is 2.08 bits per heavy atom. The summed E-state index contributed by atoms with van der Waals surface area (Å²) in [6, 6.07) is 6.63. The molecule has 2 heteroatoms. The number of benzene rings is 1. The molecule has 0 saturated heterocycles. The second-order valence-electron chi connectivity index (χ2n) is 3.32. The second kappa shape index (κ2) is 4.06. The van der Waals surface area contributed by atoms with Crippen molar-refractivity contribution in [3.8, 4) is 0 Å². The molecule has 1 rings (SSSR count). The lowest BCUT2D eigenvalue weighted by Gasteiger charge is -2.06. The third-order valence-electron chi connectivity index (χ3n) is 1.66. The average Bonchev–Trinajstić information content (AvgIpc) is 1.81. The molecule has 0 fully saturated rings. The van der Waals surface area contributed by atoms with E-state index in [1.807, 2.05) is 6.92 Å².